The van der Waals surface area contributed by atoms with Crippen LogP contribution in [0.4, 0.5) is 4.39 Å². The fourth-order valence-electron chi connectivity index (χ4n) is 3.66. The molecular formula is C25H26FN3O4. The van der Waals surface area contributed by atoms with E-state index in [4.69, 9.17) is 10.00 Å². The normalized spacial score (nSPS) is 15.0. The Morgan fingerprint density at radius 2 is 2.03 bits per heavy atom. The number of carbonyl (C=O) groups excluding carboxylic acids is 2. The topological polar surface area (TPSA) is 103 Å². The third-order valence-corrected chi connectivity index (χ3v) is 5.59. The van der Waals surface area contributed by atoms with E-state index >= 15 is 0 Å². The van der Waals surface area contributed by atoms with Crippen LogP contribution < -0.4 is 10.1 Å². The number of halogens is 1. The maximum absolute atomic E-state index is 13.0. The summed E-state index contributed by atoms with van der Waals surface area (Å²) >= 11 is 0. The first kappa shape index (κ1) is 24.1. The standard InChI is InChI=1S/C25H26FN3O4/c1-33-23-8-2-17(13-27)12-19(23)5-9-24(31)28-22(16-30)10-11-29-14-20(15-29)25(32)18-3-6-21(26)7-4-18/h2-9,12,20,22,30H,10-11,14-16H2,1H3,(H,28,31)/b9-5+. The third-order valence-electron chi connectivity index (χ3n) is 5.59. The molecule has 8 heteroatoms. The van der Waals surface area contributed by atoms with Crippen LogP contribution in [0.3, 0.4) is 0 Å². The average Bonchev–Trinajstić information content (AvgIpc) is 2.80. The van der Waals surface area contributed by atoms with Crippen molar-refractivity contribution in [1.82, 2.24) is 10.2 Å². The number of rotatable bonds is 10. The van der Waals surface area contributed by atoms with Crippen molar-refractivity contribution >= 4 is 17.8 Å². The van der Waals surface area contributed by atoms with Crippen LogP contribution in [0.25, 0.3) is 6.08 Å². The molecule has 1 atom stereocenters. The Morgan fingerprint density at radius 1 is 1.30 bits per heavy atom. The van der Waals surface area contributed by atoms with Crippen LogP contribution in [-0.2, 0) is 4.79 Å². The van der Waals surface area contributed by atoms with Crippen LogP contribution >= 0.6 is 0 Å². The second kappa shape index (κ2) is 11.4. The number of likely N-dealkylation sites (tertiary alicyclic amines) is 1. The Kier molecular flexibility index (Phi) is 8.30. The summed E-state index contributed by atoms with van der Waals surface area (Å²) in [6, 6.07) is 12.1. The molecule has 2 aromatic rings. The predicted molar refractivity (Wildman–Crippen MR) is 121 cm³/mol. The third kappa shape index (κ3) is 6.48. The lowest BCUT2D eigenvalue weighted by Crippen LogP contribution is -2.51. The molecule has 0 saturated carbocycles. The molecule has 0 spiro atoms. The van der Waals surface area contributed by atoms with E-state index in [1.807, 2.05) is 6.07 Å². The first-order valence-electron chi connectivity index (χ1n) is 10.6. The zero-order valence-electron chi connectivity index (χ0n) is 18.3. The lowest BCUT2D eigenvalue weighted by atomic mass is 9.90. The largest absolute Gasteiger partial charge is 0.496 e. The summed E-state index contributed by atoms with van der Waals surface area (Å²) < 4.78 is 18.3. The zero-order chi connectivity index (χ0) is 23.8. The molecule has 2 N–H and O–H groups in total. The van der Waals surface area contributed by atoms with E-state index in [1.54, 1.807) is 24.3 Å². The Balaban J connectivity index is 1.45. The molecule has 0 bridgehead atoms. The maximum Gasteiger partial charge on any atom is 0.244 e. The summed E-state index contributed by atoms with van der Waals surface area (Å²) in [4.78, 5) is 26.8. The number of aliphatic hydroxyl groups excluding tert-OH is 1. The molecule has 0 radical (unpaired) electrons. The van der Waals surface area contributed by atoms with Crippen molar-refractivity contribution in [3.05, 3.63) is 71.0 Å². The van der Waals surface area contributed by atoms with E-state index in [-0.39, 0.29) is 30.0 Å². The highest BCUT2D eigenvalue weighted by Gasteiger charge is 2.33. The van der Waals surface area contributed by atoms with Gasteiger partial charge in [-0.25, -0.2) is 4.39 Å². The second-order valence-electron chi connectivity index (χ2n) is 7.91. The summed E-state index contributed by atoms with van der Waals surface area (Å²) in [5, 5.41) is 21.4. The maximum atomic E-state index is 13.0. The number of Topliss-reactive ketones (excluding diaryl/α,β-unsaturated/α-hetero) is 1. The molecule has 0 aromatic heterocycles. The second-order valence-corrected chi connectivity index (χ2v) is 7.91. The van der Waals surface area contributed by atoms with Gasteiger partial charge < -0.3 is 20.1 Å². The molecule has 172 valence electrons. The van der Waals surface area contributed by atoms with Crippen molar-refractivity contribution in [3.8, 4) is 11.8 Å². The van der Waals surface area contributed by atoms with Crippen molar-refractivity contribution in [3.63, 3.8) is 0 Å². The Hall–Kier alpha value is -3.54. The van der Waals surface area contributed by atoms with E-state index in [9.17, 15) is 19.1 Å². The molecule has 1 unspecified atom stereocenters. The quantitative estimate of drug-likeness (QED) is 0.425. The Morgan fingerprint density at radius 3 is 2.67 bits per heavy atom. The number of benzene rings is 2. The number of nitrogens with one attached hydrogen (secondary N) is 1. The number of nitrogens with zero attached hydrogens (tertiary/aromatic N) is 2. The van der Waals surface area contributed by atoms with Gasteiger partial charge in [-0.2, -0.15) is 5.26 Å². The van der Waals surface area contributed by atoms with Crippen molar-refractivity contribution in [2.24, 2.45) is 5.92 Å². The SMILES string of the molecule is COc1ccc(C#N)cc1/C=C/C(=O)NC(CO)CCN1CC(C(=O)c2ccc(F)cc2)C1. The van der Waals surface area contributed by atoms with Gasteiger partial charge in [0.05, 0.1) is 31.4 Å². The summed E-state index contributed by atoms with van der Waals surface area (Å²) in [5.41, 5.74) is 1.56. The lowest BCUT2D eigenvalue weighted by Gasteiger charge is -2.39. The molecule has 1 fully saturated rings. The number of aliphatic hydroxyl groups is 1. The number of ketones is 1. The highest BCUT2D eigenvalue weighted by molar-refractivity contribution is 5.98. The fourth-order valence-corrected chi connectivity index (χ4v) is 3.66. The summed E-state index contributed by atoms with van der Waals surface area (Å²) in [7, 11) is 1.51. The van der Waals surface area contributed by atoms with Crippen LogP contribution in [0.15, 0.2) is 48.5 Å². The number of hydrogen-bond acceptors (Lipinski definition) is 6. The first-order valence-corrected chi connectivity index (χ1v) is 10.6. The fraction of sp³-hybridized carbons (Fsp3) is 0.320. The average molecular weight is 451 g/mol. The molecule has 1 heterocycles. The van der Waals surface area contributed by atoms with Crippen LogP contribution in [0, 0.1) is 23.1 Å². The molecule has 33 heavy (non-hydrogen) atoms. The van der Waals surface area contributed by atoms with Gasteiger partial charge in [0, 0.05) is 42.8 Å². The highest BCUT2D eigenvalue weighted by Crippen LogP contribution is 2.22. The minimum atomic E-state index is -0.429. The van der Waals surface area contributed by atoms with Crippen LogP contribution in [0.2, 0.25) is 0 Å². The molecule has 3 rings (SSSR count). The van der Waals surface area contributed by atoms with Crippen molar-refractivity contribution in [2.75, 3.05) is 33.4 Å². The molecule has 0 aliphatic carbocycles. The van der Waals surface area contributed by atoms with Gasteiger partial charge in [0.15, 0.2) is 5.78 Å². The molecule has 7 nitrogen and oxygen atoms in total. The van der Waals surface area contributed by atoms with E-state index < -0.39 is 6.04 Å². The van der Waals surface area contributed by atoms with Gasteiger partial charge in [0.2, 0.25) is 5.91 Å². The number of nitriles is 1. The number of amides is 1. The molecule has 1 aliphatic heterocycles. The number of methoxy groups -OCH3 is 1. The van der Waals surface area contributed by atoms with Gasteiger partial charge in [-0.15, -0.1) is 0 Å². The van der Waals surface area contributed by atoms with Crippen molar-refractivity contribution in [2.45, 2.75) is 12.5 Å². The van der Waals surface area contributed by atoms with Crippen LogP contribution in [-0.4, -0.2) is 61.1 Å². The highest BCUT2D eigenvalue weighted by atomic mass is 19.1. The van der Waals surface area contributed by atoms with Crippen molar-refractivity contribution < 1.29 is 23.8 Å². The summed E-state index contributed by atoms with van der Waals surface area (Å²) in [5.74, 6) is -0.326. The molecular weight excluding hydrogens is 425 g/mol. The van der Waals surface area contributed by atoms with E-state index in [2.05, 4.69) is 10.2 Å². The molecule has 1 aliphatic rings. The van der Waals surface area contributed by atoms with Gasteiger partial charge in [0.1, 0.15) is 11.6 Å². The first-order chi connectivity index (χ1) is 15.9. The van der Waals surface area contributed by atoms with Gasteiger partial charge in [0.25, 0.3) is 0 Å². The summed E-state index contributed by atoms with van der Waals surface area (Å²) in [6.45, 7) is 1.60. The minimum absolute atomic E-state index is 0.000654. The van der Waals surface area contributed by atoms with Crippen LogP contribution in [0.1, 0.15) is 27.9 Å². The van der Waals surface area contributed by atoms with Crippen LogP contribution in [0.5, 0.6) is 5.75 Å². The number of ether oxygens (including phenoxy) is 1. The molecule has 1 amide bonds. The van der Waals surface area contributed by atoms with Gasteiger partial charge in [-0.3, -0.25) is 9.59 Å². The van der Waals surface area contributed by atoms with Gasteiger partial charge in [-0.1, -0.05) is 0 Å². The lowest BCUT2D eigenvalue weighted by molar-refractivity contribution is -0.117. The van der Waals surface area contributed by atoms with Gasteiger partial charge >= 0.3 is 0 Å². The zero-order valence-corrected chi connectivity index (χ0v) is 18.3. The molecule has 1 saturated heterocycles. The van der Waals surface area contributed by atoms with Gasteiger partial charge in [-0.05, 0) is 55.0 Å². The predicted octanol–water partition coefficient (Wildman–Crippen LogP) is 2.40. The monoisotopic (exact) mass is 451 g/mol. The van der Waals surface area contributed by atoms with Crippen molar-refractivity contribution in [1.29, 1.82) is 5.26 Å². The molecule has 2 aromatic carbocycles. The van der Waals surface area contributed by atoms with E-state index in [1.165, 1.54) is 37.5 Å². The smallest absolute Gasteiger partial charge is 0.244 e. The Bertz CT molecular complexity index is 1060. The Labute approximate surface area is 192 Å². The number of hydrogen-bond donors (Lipinski definition) is 2. The number of carbonyl (C=O) groups is 2. The minimum Gasteiger partial charge on any atom is -0.496 e. The van der Waals surface area contributed by atoms with E-state index in [0.717, 1.165) is 0 Å². The summed E-state index contributed by atoms with van der Waals surface area (Å²) in [6.07, 6.45) is 3.42. The van der Waals surface area contributed by atoms with E-state index in [0.29, 0.717) is 48.5 Å².